The molecule has 256 valence electrons. The van der Waals surface area contributed by atoms with Crippen LogP contribution in [-0.4, -0.2) is 6.29 Å². The van der Waals surface area contributed by atoms with E-state index in [1.807, 2.05) is 12.1 Å². The van der Waals surface area contributed by atoms with Crippen LogP contribution in [0.4, 0.5) is 34.1 Å². The van der Waals surface area contributed by atoms with Gasteiger partial charge in [0.25, 0.3) is 0 Å². The fourth-order valence-corrected chi connectivity index (χ4v) is 8.70. The molecule has 1 aliphatic rings. The van der Waals surface area contributed by atoms with E-state index in [-0.39, 0.29) is 5.41 Å². The van der Waals surface area contributed by atoms with Crippen molar-refractivity contribution in [3.63, 3.8) is 0 Å². The summed E-state index contributed by atoms with van der Waals surface area (Å²) in [6.45, 7) is 4.67. The Labute approximate surface area is 311 Å². The topological polar surface area (TPSA) is 23.6 Å². The summed E-state index contributed by atoms with van der Waals surface area (Å²) in [6.07, 6.45) is 2.85. The van der Waals surface area contributed by atoms with Crippen LogP contribution < -0.4 is 9.80 Å². The molecule has 0 amide bonds. The van der Waals surface area contributed by atoms with Crippen LogP contribution in [0.1, 0.15) is 48.2 Å². The van der Waals surface area contributed by atoms with E-state index in [9.17, 15) is 4.79 Å². The Morgan fingerprint density at radius 1 is 0.453 bits per heavy atom. The van der Waals surface area contributed by atoms with Gasteiger partial charge in [0.15, 0.2) is 0 Å². The summed E-state index contributed by atoms with van der Waals surface area (Å²) < 4.78 is 0. The predicted molar refractivity (Wildman–Crippen MR) is 223 cm³/mol. The van der Waals surface area contributed by atoms with Crippen LogP contribution in [0, 0.1) is 0 Å². The molecule has 0 radical (unpaired) electrons. The van der Waals surface area contributed by atoms with Crippen molar-refractivity contribution in [2.75, 3.05) is 9.80 Å². The fraction of sp³-hybridized carbons (Fsp3) is 0.100. The molecule has 9 rings (SSSR count). The highest BCUT2D eigenvalue weighted by Gasteiger charge is 2.41. The first-order chi connectivity index (χ1) is 26.1. The molecule has 1 aliphatic carbocycles. The number of carbonyl (C=O) groups is 1. The van der Waals surface area contributed by atoms with Crippen molar-refractivity contribution >= 4 is 62.0 Å². The highest BCUT2D eigenvalue weighted by atomic mass is 16.1. The van der Waals surface area contributed by atoms with Crippen molar-refractivity contribution in [2.45, 2.75) is 32.1 Å². The van der Waals surface area contributed by atoms with Crippen LogP contribution in [0.15, 0.2) is 176 Å². The lowest BCUT2D eigenvalue weighted by atomic mass is 9.73. The molecule has 0 heterocycles. The fourth-order valence-electron chi connectivity index (χ4n) is 8.70. The van der Waals surface area contributed by atoms with E-state index >= 15 is 0 Å². The van der Waals surface area contributed by atoms with Gasteiger partial charge in [0.2, 0.25) is 0 Å². The summed E-state index contributed by atoms with van der Waals surface area (Å²) in [5.74, 6) is 0. The smallest absolute Gasteiger partial charge is 0.150 e. The molecule has 3 nitrogen and oxygen atoms in total. The molecule has 3 heteroatoms. The number of nitrogens with zero attached hydrogens (tertiary/aromatic N) is 2. The third-order valence-electron chi connectivity index (χ3n) is 11.4. The van der Waals surface area contributed by atoms with E-state index in [4.69, 9.17) is 0 Å². The van der Waals surface area contributed by atoms with Crippen molar-refractivity contribution in [3.05, 3.63) is 193 Å². The average Bonchev–Trinajstić information content (AvgIpc) is 3.50. The van der Waals surface area contributed by atoms with Gasteiger partial charge in [-0.15, -0.1) is 0 Å². The van der Waals surface area contributed by atoms with Gasteiger partial charge >= 0.3 is 0 Å². The maximum absolute atomic E-state index is 11.6. The summed E-state index contributed by atoms with van der Waals surface area (Å²) in [4.78, 5) is 16.4. The van der Waals surface area contributed by atoms with Crippen molar-refractivity contribution in [3.8, 4) is 11.1 Å². The molecule has 0 saturated carbocycles. The first-order valence-electron chi connectivity index (χ1n) is 18.6. The summed E-state index contributed by atoms with van der Waals surface area (Å²) in [5.41, 5.74) is 12.5. The van der Waals surface area contributed by atoms with E-state index in [1.165, 1.54) is 43.8 Å². The Morgan fingerprint density at radius 2 is 0.887 bits per heavy atom. The van der Waals surface area contributed by atoms with E-state index < -0.39 is 0 Å². The lowest BCUT2D eigenvalue weighted by Gasteiger charge is -2.33. The lowest BCUT2D eigenvalue weighted by molar-refractivity contribution is 0.112. The molecule has 0 fully saturated rings. The summed E-state index contributed by atoms with van der Waals surface area (Å²) in [7, 11) is 0. The third kappa shape index (κ3) is 5.31. The van der Waals surface area contributed by atoms with Crippen molar-refractivity contribution in [2.24, 2.45) is 0 Å². The number of para-hydroxylation sites is 1. The van der Waals surface area contributed by atoms with Gasteiger partial charge in [0.05, 0.1) is 11.4 Å². The van der Waals surface area contributed by atoms with Crippen LogP contribution in [0.2, 0.25) is 0 Å². The molecule has 0 unspecified atom stereocenters. The SMILES string of the molecule is CCC1(CC)c2cc(N(c3ccccc3)c3cccc4ccccc34)ccc2-c2ccc(N(c3ccc(C=O)cc3)c3cccc4ccccc34)cc21. The predicted octanol–water partition coefficient (Wildman–Crippen LogP) is 13.8. The molecule has 0 N–H and O–H groups in total. The standard InChI is InChI=1S/C50H40N2O/c1-3-50(4-2)46-32-40(51(38-18-6-5-7-19-38)48-22-12-16-36-14-8-10-20-42(36)48)28-30-44(46)45-31-29-41(33-47(45)50)52(39-26-24-35(34-53)25-27-39)49-23-13-17-37-15-9-11-21-43(37)49/h5-34H,3-4H2,1-2H3. The lowest BCUT2D eigenvalue weighted by Crippen LogP contribution is -2.24. The second-order valence-electron chi connectivity index (χ2n) is 14.0. The molecule has 8 aromatic carbocycles. The van der Waals surface area contributed by atoms with Crippen molar-refractivity contribution in [1.82, 2.24) is 0 Å². The van der Waals surface area contributed by atoms with E-state index in [0.717, 1.165) is 53.3 Å². The minimum Gasteiger partial charge on any atom is -0.310 e. The average molecular weight is 685 g/mol. The van der Waals surface area contributed by atoms with Gasteiger partial charge in [-0.3, -0.25) is 4.79 Å². The minimum absolute atomic E-state index is 0.177. The van der Waals surface area contributed by atoms with Gasteiger partial charge < -0.3 is 9.80 Å². The van der Waals surface area contributed by atoms with E-state index in [2.05, 4.69) is 187 Å². The number of benzene rings is 8. The molecule has 0 aliphatic heterocycles. The Hall–Kier alpha value is -6.45. The van der Waals surface area contributed by atoms with Gasteiger partial charge in [0.1, 0.15) is 6.29 Å². The normalized spacial score (nSPS) is 12.7. The number of anilines is 6. The number of hydrogen-bond donors (Lipinski definition) is 0. The second-order valence-corrected chi connectivity index (χ2v) is 14.0. The van der Waals surface area contributed by atoms with E-state index in [0.29, 0.717) is 5.56 Å². The van der Waals surface area contributed by atoms with Gasteiger partial charge in [-0.2, -0.15) is 0 Å². The number of hydrogen-bond acceptors (Lipinski definition) is 3. The zero-order valence-corrected chi connectivity index (χ0v) is 30.0. The zero-order valence-electron chi connectivity index (χ0n) is 30.0. The van der Waals surface area contributed by atoms with Crippen LogP contribution in [0.25, 0.3) is 32.7 Å². The van der Waals surface area contributed by atoms with Crippen LogP contribution in [-0.2, 0) is 5.41 Å². The minimum atomic E-state index is -0.177. The maximum atomic E-state index is 11.6. The Morgan fingerprint density at radius 3 is 1.38 bits per heavy atom. The molecule has 0 atom stereocenters. The van der Waals surface area contributed by atoms with Crippen LogP contribution in [0.3, 0.4) is 0 Å². The summed E-state index contributed by atoms with van der Waals surface area (Å²) >= 11 is 0. The third-order valence-corrected chi connectivity index (χ3v) is 11.4. The van der Waals surface area contributed by atoms with Crippen LogP contribution >= 0.6 is 0 Å². The van der Waals surface area contributed by atoms with Crippen molar-refractivity contribution in [1.29, 1.82) is 0 Å². The van der Waals surface area contributed by atoms with Crippen molar-refractivity contribution < 1.29 is 4.79 Å². The Bertz CT molecular complexity index is 2610. The zero-order chi connectivity index (χ0) is 35.9. The Balaban J connectivity index is 1.22. The first kappa shape index (κ1) is 32.5. The summed E-state index contributed by atoms with van der Waals surface area (Å²) in [5, 5.41) is 4.81. The highest BCUT2D eigenvalue weighted by molar-refractivity contribution is 6.01. The molecule has 8 aromatic rings. The first-order valence-corrected chi connectivity index (χ1v) is 18.6. The largest absolute Gasteiger partial charge is 0.310 e. The highest BCUT2D eigenvalue weighted by Crippen LogP contribution is 2.56. The van der Waals surface area contributed by atoms with Gasteiger partial charge in [-0.25, -0.2) is 0 Å². The quantitative estimate of drug-likeness (QED) is 0.141. The molecule has 0 aromatic heterocycles. The van der Waals surface area contributed by atoms with Crippen LogP contribution in [0.5, 0.6) is 0 Å². The summed E-state index contributed by atoms with van der Waals surface area (Å²) in [6, 6.07) is 63.0. The number of rotatable bonds is 9. The van der Waals surface area contributed by atoms with E-state index in [1.54, 1.807) is 0 Å². The molecule has 0 saturated heterocycles. The Kier molecular flexibility index (Phi) is 8.12. The monoisotopic (exact) mass is 684 g/mol. The van der Waals surface area contributed by atoms with Gasteiger partial charge in [-0.1, -0.05) is 117 Å². The molecule has 53 heavy (non-hydrogen) atoms. The number of fused-ring (bicyclic) bond motifs is 5. The molecule has 0 spiro atoms. The molecular formula is C50H40N2O. The molecular weight excluding hydrogens is 645 g/mol. The maximum Gasteiger partial charge on any atom is 0.150 e. The number of aldehydes is 1. The number of carbonyl (C=O) groups excluding carboxylic acids is 1. The molecule has 0 bridgehead atoms. The van der Waals surface area contributed by atoms with Gasteiger partial charge in [0, 0.05) is 44.5 Å². The van der Waals surface area contributed by atoms with Gasteiger partial charge in [-0.05, 0) is 119 Å². The second kappa shape index (κ2) is 13.3.